The Hall–Kier alpha value is -1.29. The number of carboxylic acids is 1. The maximum absolute atomic E-state index is 11.8. The van der Waals surface area contributed by atoms with E-state index in [-0.39, 0.29) is 13.0 Å². The van der Waals surface area contributed by atoms with Crippen LogP contribution in [0.5, 0.6) is 0 Å². The summed E-state index contributed by atoms with van der Waals surface area (Å²) in [5.74, 6) is -1.85. The number of aliphatic carboxylic acids is 1. The normalized spacial score (nSPS) is 14.5. The number of carboxylic acid groups (broad SMARTS) is 1. The zero-order chi connectivity index (χ0) is 32.0. The molecule has 43 heavy (non-hydrogen) atoms. The summed E-state index contributed by atoms with van der Waals surface area (Å²) in [6.07, 6.45) is 30.1. The predicted molar refractivity (Wildman–Crippen MR) is 171 cm³/mol. The second-order valence-corrected chi connectivity index (χ2v) is 13.0. The highest BCUT2D eigenvalue weighted by Crippen LogP contribution is 2.43. The SMILES string of the molecule is CCCCCCCCCC/C=C\CCCCCCCCCCCCCC(=O)OCC(O)COP(=O)(O)OCC(N)C(=O)O. The van der Waals surface area contributed by atoms with Gasteiger partial charge in [-0.25, -0.2) is 4.57 Å². The Morgan fingerprint density at radius 2 is 1.12 bits per heavy atom. The van der Waals surface area contributed by atoms with Crippen molar-refractivity contribution in [1.29, 1.82) is 0 Å². The Morgan fingerprint density at radius 1 is 0.698 bits per heavy atom. The van der Waals surface area contributed by atoms with Gasteiger partial charge in [0, 0.05) is 6.42 Å². The number of aliphatic hydroxyl groups is 1. The molecule has 5 N–H and O–H groups in total. The van der Waals surface area contributed by atoms with Crippen molar-refractivity contribution in [3.05, 3.63) is 12.2 Å². The van der Waals surface area contributed by atoms with E-state index >= 15 is 0 Å². The summed E-state index contributed by atoms with van der Waals surface area (Å²) in [5.41, 5.74) is 5.17. The Labute approximate surface area is 260 Å². The highest BCUT2D eigenvalue weighted by atomic mass is 31.2. The van der Waals surface area contributed by atoms with Gasteiger partial charge in [0.15, 0.2) is 0 Å². The molecule has 0 radical (unpaired) electrons. The highest BCUT2D eigenvalue weighted by Gasteiger charge is 2.26. The molecule has 0 aliphatic carbocycles. The smallest absolute Gasteiger partial charge is 0.472 e. The van der Waals surface area contributed by atoms with Crippen LogP contribution in [0.4, 0.5) is 0 Å². The van der Waals surface area contributed by atoms with Crippen molar-refractivity contribution in [3.63, 3.8) is 0 Å². The van der Waals surface area contributed by atoms with Gasteiger partial charge in [-0.15, -0.1) is 0 Å². The van der Waals surface area contributed by atoms with Crippen molar-refractivity contribution in [3.8, 4) is 0 Å². The van der Waals surface area contributed by atoms with E-state index in [0.717, 1.165) is 19.3 Å². The van der Waals surface area contributed by atoms with Crippen molar-refractivity contribution in [2.24, 2.45) is 5.73 Å². The third kappa shape index (κ3) is 30.5. The number of hydrogen-bond acceptors (Lipinski definition) is 8. The largest absolute Gasteiger partial charge is 0.480 e. The topological polar surface area (TPSA) is 166 Å². The van der Waals surface area contributed by atoms with Gasteiger partial charge in [-0.3, -0.25) is 18.6 Å². The molecule has 0 saturated heterocycles. The highest BCUT2D eigenvalue weighted by molar-refractivity contribution is 7.47. The lowest BCUT2D eigenvalue weighted by atomic mass is 10.0. The summed E-state index contributed by atoms with van der Waals surface area (Å²) in [4.78, 5) is 31.9. The summed E-state index contributed by atoms with van der Waals surface area (Å²) in [6, 6.07) is -1.48. The first-order valence-corrected chi connectivity index (χ1v) is 18.3. The van der Waals surface area contributed by atoms with Crippen molar-refractivity contribution in [1.82, 2.24) is 0 Å². The van der Waals surface area contributed by atoms with Gasteiger partial charge in [-0.2, -0.15) is 0 Å². The number of ether oxygens (including phenoxy) is 1. The summed E-state index contributed by atoms with van der Waals surface area (Å²) in [7, 11) is -4.59. The number of carbonyl (C=O) groups is 2. The third-order valence-electron chi connectivity index (χ3n) is 7.24. The van der Waals surface area contributed by atoms with Gasteiger partial charge in [-0.1, -0.05) is 122 Å². The van der Waals surface area contributed by atoms with Crippen LogP contribution in [0, 0.1) is 0 Å². The number of allylic oxidation sites excluding steroid dienone is 2. The first kappa shape index (κ1) is 41.7. The first-order valence-electron chi connectivity index (χ1n) is 16.8. The number of unbranched alkanes of at least 4 members (excludes halogenated alkanes) is 19. The van der Waals surface area contributed by atoms with Crippen molar-refractivity contribution in [2.75, 3.05) is 19.8 Å². The van der Waals surface area contributed by atoms with Gasteiger partial charge >= 0.3 is 19.8 Å². The van der Waals surface area contributed by atoms with E-state index in [1.54, 1.807) is 0 Å². The zero-order valence-electron chi connectivity index (χ0n) is 26.8. The average molecular weight is 636 g/mol. The lowest BCUT2D eigenvalue weighted by Gasteiger charge is -2.16. The van der Waals surface area contributed by atoms with E-state index in [2.05, 4.69) is 28.1 Å². The van der Waals surface area contributed by atoms with Crippen LogP contribution in [0.25, 0.3) is 0 Å². The van der Waals surface area contributed by atoms with Gasteiger partial charge < -0.3 is 25.6 Å². The van der Waals surface area contributed by atoms with Crippen LogP contribution in [-0.4, -0.2) is 59.0 Å². The fourth-order valence-corrected chi connectivity index (χ4v) is 5.31. The van der Waals surface area contributed by atoms with Crippen LogP contribution >= 0.6 is 7.82 Å². The number of phosphoric acid groups is 1. The number of esters is 1. The average Bonchev–Trinajstić information content (AvgIpc) is 2.98. The summed E-state index contributed by atoms with van der Waals surface area (Å²) in [6.45, 7) is 0.527. The van der Waals surface area contributed by atoms with Crippen LogP contribution in [0.15, 0.2) is 12.2 Å². The van der Waals surface area contributed by atoms with Crippen molar-refractivity contribution in [2.45, 2.75) is 160 Å². The Bertz CT molecular complexity index is 750. The van der Waals surface area contributed by atoms with E-state index in [4.69, 9.17) is 15.6 Å². The number of nitrogens with two attached hydrogens (primary N) is 1. The summed E-state index contributed by atoms with van der Waals surface area (Å²) in [5, 5.41) is 18.4. The number of phosphoric ester groups is 1. The number of hydrogen-bond donors (Lipinski definition) is 4. The maximum Gasteiger partial charge on any atom is 0.472 e. The Morgan fingerprint density at radius 3 is 1.58 bits per heavy atom. The molecule has 254 valence electrons. The van der Waals surface area contributed by atoms with Crippen LogP contribution in [0.1, 0.15) is 148 Å². The van der Waals surface area contributed by atoms with Gasteiger partial charge in [0.2, 0.25) is 0 Å². The van der Waals surface area contributed by atoms with Gasteiger partial charge in [0.05, 0.1) is 13.2 Å². The molecule has 0 aromatic rings. The predicted octanol–water partition coefficient (Wildman–Crippen LogP) is 7.59. The monoisotopic (exact) mass is 635 g/mol. The van der Waals surface area contributed by atoms with Crippen LogP contribution in [0.3, 0.4) is 0 Å². The molecule has 0 amide bonds. The Kier molecular flexibility index (Phi) is 28.5. The minimum absolute atomic E-state index is 0.247. The zero-order valence-corrected chi connectivity index (χ0v) is 27.7. The van der Waals surface area contributed by atoms with Gasteiger partial charge in [0.1, 0.15) is 18.8 Å². The molecule has 11 heteroatoms. The van der Waals surface area contributed by atoms with E-state index in [9.17, 15) is 24.2 Å². The van der Waals surface area contributed by atoms with E-state index in [1.807, 2.05) is 0 Å². The van der Waals surface area contributed by atoms with Crippen LogP contribution < -0.4 is 5.73 Å². The first-order chi connectivity index (χ1) is 20.7. The van der Waals surface area contributed by atoms with Crippen LogP contribution in [-0.2, 0) is 27.9 Å². The van der Waals surface area contributed by atoms with Crippen molar-refractivity contribution >= 4 is 19.8 Å². The minimum Gasteiger partial charge on any atom is -0.480 e. The molecule has 3 unspecified atom stereocenters. The van der Waals surface area contributed by atoms with E-state index in [0.29, 0.717) is 6.42 Å². The molecular weight excluding hydrogens is 573 g/mol. The standard InChI is InChI=1S/C32H62NO9P/c1-2-3-4-5-6-7-8-9-10-11-12-13-14-15-16-17-18-19-20-21-22-23-24-25-31(35)40-26-29(34)27-41-43(38,39)42-28-30(33)32(36)37/h11-12,29-30,34H,2-10,13-28,33H2,1H3,(H,36,37)(H,38,39)/b12-11-. The van der Waals surface area contributed by atoms with Gasteiger partial charge in [0.25, 0.3) is 0 Å². The molecule has 0 spiro atoms. The minimum atomic E-state index is -4.59. The molecule has 0 rings (SSSR count). The molecule has 0 aliphatic heterocycles. The molecular formula is C32H62NO9P. The number of aliphatic hydroxyl groups excluding tert-OH is 1. The molecule has 0 saturated carbocycles. The van der Waals surface area contributed by atoms with E-state index < -0.39 is 45.1 Å². The quantitative estimate of drug-likeness (QED) is 0.0250. The van der Waals surface area contributed by atoms with Gasteiger partial charge in [-0.05, 0) is 32.1 Å². The molecule has 0 heterocycles. The number of rotatable bonds is 32. The molecule has 0 aliphatic rings. The lowest BCUT2D eigenvalue weighted by Crippen LogP contribution is -2.34. The second kappa shape index (κ2) is 29.4. The van der Waals surface area contributed by atoms with Crippen molar-refractivity contribution < 1.29 is 43.0 Å². The van der Waals surface area contributed by atoms with E-state index in [1.165, 1.54) is 109 Å². The second-order valence-electron chi connectivity index (χ2n) is 11.5. The molecule has 10 nitrogen and oxygen atoms in total. The third-order valence-corrected chi connectivity index (χ3v) is 8.19. The summed E-state index contributed by atoms with van der Waals surface area (Å²) < 4.78 is 25.6. The Balaban J connectivity index is 3.45. The fourth-order valence-electron chi connectivity index (χ4n) is 4.53. The van der Waals surface area contributed by atoms with Crippen LogP contribution in [0.2, 0.25) is 0 Å². The lowest BCUT2D eigenvalue weighted by molar-refractivity contribution is -0.147. The molecule has 0 aromatic heterocycles. The molecule has 3 atom stereocenters. The fraction of sp³-hybridized carbons (Fsp3) is 0.875. The molecule has 0 fully saturated rings. The number of carbonyl (C=O) groups excluding carboxylic acids is 1. The molecule has 0 aromatic carbocycles. The molecule has 0 bridgehead atoms. The maximum atomic E-state index is 11.8. The summed E-state index contributed by atoms with van der Waals surface area (Å²) >= 11 is 0.